The van der Waals surface area contributed by atoms with Crippen LogP contribution in [0, 0.1) is 63.6 Å². The third kappa shape index (κ3) is 2.75. The summed E-state index contributed by atoms with van der Waals surface area (Å²) in [7, 11) is 0. The van der Waals surface area contributed by atoms with E-state index in [-0.39, 0.29) is 6.10 Å². The number of fused-ring (bicyclic) bond motifs is 4. The highest BCUT2D eigenvalue weighted by atomic mass is 16.3. The summed E-state index contributed by atoms with van der Waals surface area (Å²) in [5, 5.41) is 11.4. The molecule has 0 amide bonds. The fraction of sp³-hybridized carbons (Fsp3) is 1.00. The molecule has 0 aromatic rings. The lowest BCUT2D eigenvalue weighted by molar-refractivity contribution is -0.152. The molecule has 5 fully saturated rings. The van der Waals surface area contributed by atoms with E-state index in [2.05, 4.69) is 41.5 Å². The largest absolute Gasteiger partial charge is 0.393 e. The first-order valence-corrected chi connectivity index (χ1v) is 13.9. The zero-order chi connectivity index (χ0) is 21.5. The third-order valence-corrected chi connectivity index (χ3v) is 12.8. The van der Waals surface area contributed by atoms with E-state index in [9.17, 15) is 5.11 Å². The van der Waals surface area contributed by atoms with Gasteiger partial charge in [0.2, 0.25) is 0 Å². The maximum atomic E-state index is 11.4. The Bertz CT molecular complexity index is 655. The molecule has 30 heavy (non-hydrogen) atoms. The molecule has 1 N–H and O–H groups in total. The molecule has 1 nitrogen and oxygen atoms in total. The van der Waals surface area contributed by atoms with E-state index in [1.54, 1.807) is 0 Å². The number of aliphatic hydroxyl groups is 1. The van der Waals surface area contributed by atoms with E-state index >= 15 is 0 Å². The van der Waals surface area contributed by atoms with Crippen LogP contribution in [0.3, 0.4) is 0 Å². The van der Waals surface area contributed by atoms with Crippen molar-refractivity contribution in [1.82, 2.24) is 0 Å². The minimum Gasteiger partial charge on any atom is -0.393 e. The van der Waals surface area contributed by atoms with Crippen LogP contribution >= 0.6 is 0 Å². The van der Waals surface area contributed by atoms with Crippen molar-refractivity contribution < 1.29 is 5.11 Å². The lowest BCUT2D eigenvalue weighted by Gasteiger charge is -2.60. The summed E-state index contributed by atoms with van der Waals surface area (Å²) < 4.78 is 0. The van der Waals surface area contributed by atoms with Gasteiger partial charge in [0.05, 0.1) is 6.10 Å². The van der Waals surface area contributed by atoms with Gasteiger partial charge < -0.3 is 5.11 Å². The van der Waals surface area contributed by atoms with Crippen molar-refractivity contribution in [2.24, 2.45) is 63.6 Å². The van der Waals surface area contributed by atoms with Crippen molar-refractivity contribution in [1.29, 1.82) is 0 Å². The van der Waals surface area contributed by atoms with Gasteiger partial charge in [0.15, 0.2) is 0 Å². The quantitative estimate of drug-likeness (QED) is 0.472. The molecule has 5 aliphatic carbocycles. The predicted octanol–water partition coefficient (Wildman–Crippen LogP) is 7.71. The van der Waals surface area contributed by atoms with E-state index in [0.717, 1.165) is 53.8 Å². The van der Waals surface area contributed by atoms with Crippen LogP contribution < -0.4 is 0 Å². The summed E-state index contributed by atoms with van der Waals surface area (Å²) in [6.45, 7) is 15.1. The number of rotatable bonds is 6. The summed E-state index contributed by atoms with van der Waals surface area (Å²) in [6.07, 6.45) is 15.4. The van der Waals surface area contributed by atoms with Gasteiger partial charge in [-0.05, 0) is 116 Å². The van der Waals surface area contributed by atoms with E-state index < -0.39 is 0 Å². The molecule has 0 heterocycles. The van der Waals surface area contributed by atoms with Crippen molar-refractivity contribution in [2.45, 2.75) is 118 Å². The van der Waals surface area contributed by atoms with Gasteiger partial charge in [-0.15, -0.1) is 0 Å². The molecule has 11 atom stereocenters. The van der Waals surface area contributed by atoms with Gasteiger partial charge in [-0.3, -0.25) is 0 Å². The van der Waals surface area contributed by atoms with Gasteiger partial charge in [0.1, 0.15) is 0 Å². The van der Waals surface area contributed by atoms with Gasteiger partial charge in [0.25, 0.3) is 0 Å². The first-order valence-electron chi connectivity index (χ1n) is 13.9. The molecule has 172 valence electrons. The summed E-state index contributed by atoms with van der Waals surface area (Å²) in [5.41, 5.74) is 1.35. The summed E-state index contributed by atoms with van der Waals surface area (Å²) in [6, 6.07) is 0. The highest BCUT2D eigenvalue weighted by Gasteiger charge is 2.77. The van der Waals surface area contributed by atoms with Crippen LogP contribution in [0.25, 0.3) is 0 Å². The molecule has 0 radical (unpaired) electrons. The average molecular weight is 415 g/mol. The van der Waals surface area contributed by atoms with Gasteiger partial charge in [-0.2, -0.15) is 0 Å². The Morgan fingerprint density at radius 2 is 1.70 bits per heavy atom. The van der Waals surface area contributed by atoms with Gasteiger partial charge >= 0.3 is 0 Å². The first kappa shape index (κ1) is 21.8. The van der Waals surface area contributed by atoms with Crippen LogP contribution in [-0.2, 0) is 0 Å². The zero-order valence-electron chi connectivity index (χ0n) is 20.9. The lowest BCUT2D eigenvalue weighted by atomic mass is 9.45. The van der Waals surface area contributed by atoms with Crippen LogP contribution in [0.5, 0.6) is 0 Å². The lowest BCUT2D eigenvalue weighted by Crippen LogP contribution is -2.56. The van der Waals surface area contributed by atoms with Crippen molar-refractivity contribution in [3.8, 4) is 0 Å². The molecule has 0 aromatic carbocycles. The van der Waals surface area contributed by atoms with E-state index in [1.807, 2.05) is 0 Å². The van der Waals surface area contributed by atoms with Gasteiger partial charge in [-0.25, -0.2) is 0 Å². The Kier molecular flexibility index (Phi) is 5.25. The second-order valence-electron chi connectivity index (χ2n) is 13.7. The SMILES string of the molecule is CCC(CCC(C)C1CCC2C3CC(O)C45CC4CCC5(C)C3CCC12C)C(C)C. The maximum absolute atomic E-state index is 11.4. The summed E-state index contributed by atoms with van der Waals surface area (Å²) in [5.74, 6) is 7.01. The van der Waals surface area contributed by atoms with Crippen LogP contribution in [0.15, 0.2) is 0 Å². The van der Waals surface area contributed by atoms with Gasteiger partial charge in [-0.1, -0.05) is 54.4 Å². The minimum atomic E-state index is 0.00595. The van der Waals surface area contributed by atoms with Crippen LogP contribution in [0.1, 0.15) is 112 Å². The van der Waals surface area contributed by atoms with Crippen LogP contribution in [0.2, 0.25) is 0 Å². The van der Waals surface area contributed by atoms with Crippen molar-refractivity contribution in [3.63, 3.8) is 0 Å². The minimum absolute atomic E-state index is 0.00595. The number of hydrogen-bond acceptors (Lipinski definition) is 1. The predicted molar refractivity (Wildman–Crippen MR) is 126 cm³/mol. The molecular formula is C29H50O. The molecule has 11 unspecified atom stereocenters. The molecule has 5 rings (SSSR count). The van der Waals surface area contributed by atoms with Crippen molar-refractivity contribution in [2.75, 3.05) is 0 Å². The topological polar surface area (TPSA) is 20.2 Å². The smallest absolute Gasteiger partial charge is 0.0607 e. The standard InChI is InChI=1S/C29H50O/c1-7-20(18(2)3)9-8-19(4)23-10-11-24-22-16-26(30)29-17-21(29)12-15-28(29,6)25(22)13-14-27(23,24)5/h18-26,30H,7-17H2,1-6H3. The monoisotopic (exact) mass is 414 g/mol. The summed E-state index contributed by atoms with van der Waals surface area (Å²) >= 11 is 0. The Morgan fingerprint density at radius 3 is 2.37 bits per heavy atom. The Morgan fingerprint density at radius 1 is 0.933 bits per heavy atom. The highest BCUT2D eigenvalue weighted by Crippen LogP contribution is 2.81. The number of hydrogen-bond donors (Lipinski definition) is 1. The molecule has 5 saturated carbocycles. The molecule has 0 saturated heterocycles. The number of aliphatic hydroxyl groups excluding tert-OH is 1. The Balaban J connectivity index is 1.32. The summed E-state index contributed by atoms with van der Waals surface area (Å²) in [4.78, 5) is 0. The second-order valence-corrected chi connectivity index (χ2v) is 13.7. The molecule has 5 aliphatic rings. The Labute approximate surface area is 187 Å². The molecular weight excluding hydrogens is 364 g/mol. The van der Waals surface area contributed by atoms with Crippen molar-refractivity contribution in [3.05, 3.63) is 0 Å². The fourth-order valence-corrected chi connectivity index (χ4v) is 11.0. The van der Waals surface area contributed by atoms with E-state index in [4.69, 9.17) is 0 Å². The second kappa shape index (κ2) is 7.23. The molecule has 1 heteroatoms. The van der Waals surface area contributed by atoms with E-state index in [0.29, 0.717) is 16.2 Å². The maximum Gasteiger partial charge on any atom is 0.0607 e. The molecule has 0 aromatic heterocycles. The average Bonchev–Trinajstić information content (AvgIpc) is 3.22. The van der Waals surface area contributed by atoms with Crippen LogP contribution in [-0.4, -0.2) is 11.2 Å². The van der Waals surface area contributed by atoms with Crippen LogP contribution in [0.4, 0.5) is 0 Å². The van der Waals surface area contributed by atoms with Gasteiger partial charge in [0, 0.05) is 5.41 Å². The molecule has 0 bridgehead atoms. The first-order chi connectivity index (χ1) is 14.2. The fourth-order valence-electron chi connectivity index (χ4n) is 11.0. The molecule has 1 spiro atoms. The van der Waals surface area contributed by atoms with Crippen molar-refractivity contribution >= 4 is 0 Å². The molecule has 0 aliphatic heterocycles. The highest BCUT2D eigenvalue weighted by molar-refractivity contribution is 5.25. The Hall–Kier alpha value is -0.0400. The van der Waals surface area contributed by atoms with E-state index in [1.165, 1.54) is 64.2 Å². The zero-order valence-corrected chi connectivity index (χ0v) is 20.9. The normalized spacial score (nSPS) is 53.6. The third-order valence-electron chi connectivity index (χ3n) is 12.8.